The van der Waals surface area contributed by atoms with Crippen molar-refractivity contribution >= 4 is 0 Å². The zero-order valence-electron chi connectivity index (χ0n) is 11.5. The summed E-state index contributed by atoms with van der Waals surface area (Å²) in [5.41, 5.74) is 10.6. The van der Waals surface area contributed by atoms with Crippen LogP contribution in [0.1, 0.15) is 30.8 Å². The number of rotatable bonds is 3. The van der Waals surface area contributed by atoms with Crippen molar-refractivity contribution in [2.75, 3.05) is 0 Å². The molecule has 96 valence electrons. The standard InChI is InChI=1S/C15H21N3/c1-10-5-6-11(2)12(7-10)13-9-17-14(18-13)8-15(3,4)16/h5-7,9H,8,16H2,1-4H3,(H,17,18). The number of aromatic amines is 1. The molecule has 2 rings (SSSR count). The van der Waals surface area contributed by atoms with E-state index in [0.29, 0.717) is 0 Å². The largest absolute Gasteiger partial charge is 0.342 e. The number of H-pyrrole nitrogens is 1. The average molecular weight is 243 g/mol. The van der Waals surface area contributed by atoms with E-state index in [2.05, 4.69) is 42.0 Å². The van der Waals surface area contributed by atoms with Crippen molar-refractivity contribution < 1.29 is 0 Å². The lowest BCUT2D eigenvalue weighted by Crippen LogP contribution is -2.34. The van der Waals surface area contributed by atoms with E-state index in [1.165, 1.54) is 16.7 Å². The fourth-order valence-corrected chi connectivity index (χ4v) is 2.05. The molecule has 0 atom stereocenters. The highest BCUT2D eigenvalue weighted by molar-refractivity contribution is 5.63. The second kappa shape index (κ2) is 4.58. The Balaban J connectivity index is 2.32. The molecule has 1 heterocycles. The van der Waals surface area contributed by atoms with Gasteiger partial charge in [0.25, 0.3) is 0 Å². The molecule has 0 aliphatic heterocycles. The molecule has 3 heteroatoms. The number of nitrogens with zero attached hydrogens (tertiary/aromatic N) is 1. The zero-order valence-corrected chi connectivity index (χ0v) is 11.5. The molecule has 2 aromatic rings. The maximum Gasteiger partial charge on any atom is 0.108 e. The number of hydrogen-bond acceptors (Lipinski definition) is 2. The van der Waals surface area contributed by atoms with Crippen LogP contribution in [0.15, 0.2) is 24.4 Å². The molecule has 3 nitrogen and oxygen atoms in total. The Bertz CT molecular complexity index is 547. The highest BCUT2D eigenvalue weighted by Gasteiger charge is 2.14. The van der Waals surface area contributed by atoms with Crippen LogP contribution in [0.4, 0.5) is 0 Å². The van der Waals surface area contributed by atoms with Gasteiger partial charge in [0.2, 0.25) is 0 Å². The predicted octanol–water partition coefficient (Wildman–Crippen LogP) is 2.97. The van der Waals surface area contributed by atoms with Gasteiger partial charge >= 0.3 is 0 Å². The van der Waals surface area contributed by atoms with E-state index in [-0.39, 0.29) is 5.54 Å². The number of nitrogens with one attached hydrogen (secondary N) is 1. The first kappa shape index (κ1) is 12.8. The second-order valence-electron chi connectivity index (χ2n) is 5.73. The van der Waals surface area contributed by atoms with Gasteiger partial charge in [0.05, 0.1) is 11.9 Å². The predicted molar refractivity (Wildman–Crippen MR) is 75.5 cm³/mol. The monoisotopic (exact) mass is 243 g/mol. The van der Waals surface area contributed by atoms with Gasteiger partial charge in [-0.3, -0.25) is 0 Å². The van der Waals surface area contributed by atoms with Crippen molar-refractivity contribution in [3.63, 3.8) is 0 Å². The molecule has 0 saturated heterocycles. The molecule has 1 aromatic carbocycles. The van der Waals surface area contributed by atoms with Gasteiger partial charge in [-0.05, 0) is 39.3 Å². The van der Waals surface area contributed by atoms with Gasteiger partial charge in [-0.15, -0.1) is 0 Å². The van der Waals surface area contributed by atoms with Crippen molar-refractivity contribution in [3.8, 4) is 11.3 Å². The smallest absolute Gasteiger partial charge is 0.108 e. The van der Waals surface area contributed by atoms with Crippen molar-refractivity contribution in [1.82, 2.24) is 9.97 Å². The first-order valence-corrected chi connectivity index (χ1v) is 6.25. The molecule has 18 heavy (non-hydrogen) atoms. The van der Waals surface area contributed by atoms with E-state index >= 15 is 0 Å². The van der Waals surface area contributed by atoms with Gasteiger partial charge in [0, 0.05) is 17.5 Å². The fraction of sp³-hybridized carbons (Fsp3) is 0.400. The molecule has 1 aromatic heterocycles. The summed E-state index contributed by atoms with van der Waals surface area (Å²) in [6.07, 6.45) is 2.64. The van der Waals surface area contributed by atoms with E-state index in [1.54, 1.807) is 0 Å². The first-order chi connectivity index (χ1) is 8.35. The number of aryl methyl sites for hydroxylation is 2. The Morgan fingerprint density at radius 1 is 1.28 bits per heavy atom. The number of aromatic nitrogens is 2. The van der Waals surface area contributed by atoms with Crippen LogP contribution in [0.5, 0.6) is 0 Å². The molecule has 0 unspecified atom stereocenters. The highest BCUT2D eigenvalue weighted by Crippen LogP contribution is 2.23. The summed E-state index contributed by atoms with van der Waals surface area (Å²) in [5.74, 6) is 0.943. The second-order valence-corrected chi connectivity index (χ2v) is 5.73. The van der Waals surface area contributed by atoms with Crippen LogP contribution in [0.3, 0.4) is 0 Å². The average Bonchev–Trinajstić information content (AvgIpc) is 2.67. The molecule has 3 N–H and O–H groups in total. The molecule has 0 spiro atoms. The van der Waals surface area contributed by atoms with Gasteiger partial charge < -0.3 is 10.7 Å². The minimum absolute atomic E-state index is 0.239. The van der Waals surface area contributed by atoms with E-state index in [1.807, 2.05) is 20.0 Å². The lowest BCUT2D eigenvalue weighted by molar-refractivity contribution is 0.505. The van der Waals surface area contributed by atoms with Crippen LogP contribution in [-0.2, 0) is 6.42 Å². The van der Waals surface area contributed by atoms with Gasteiger partial charge in [-0.2, -0.15) is 0 Å². The summed E-state index contributed by atoms with van der Waals surface area (Å²) in [5, 5.41) is 0. The van der Waals surface area contributed by atoms with Crippen LogP contribution < -0.4 is 5.73 Å². The maximum atomic E-state index is 6.01. The van der Waals surface area contributed by atoms with E-state index < -0.39 is 0 Å². The molecule has 0 fully saturated rings. The van der Waals surface area contributed by atoms with Crippen molar-refractivity contribution in [3.05, 3.63) is 41.3 Å². The third-order valence-electron chi connectivity index (χ3n) is 2.93. The van der Waals surface area contributed by atoms with Crippen LogP contribution in [0.2, 0.25) is 0 Å². The maximum absolute atomic E-state index is 6.01. The Labute approximate surface area is 108 Å². The molecule has 0 radical (unpaired) electrons. The lowest BCUT2D eigenvalue weighted by atomic mass is 10.0. The molecule has 0 amide bonds. The van der Waals surface area contributed by atoms with E-state index in [0.717, 1.165) is 17.9 Å². The summed E-state index contributed by atoms with van der Waals surface area (Å²) in [7, 11) is 0. The Kier molecular flexibility index (Phi) is 3.26. The highest BCUT2D eigenvalue weighted by atomic mass is 14.9. The Hall–Kier alpha value is -1.61. The van der Waals surface area contributed by atoms with Gasteiger partial charge in [0.1, 0.15) is 5.82 Å². The fourth-order valence-electron chi connectivity index (χ4n) is 2.05. The lowest BCUT2D eigenvalue weighted by Gasteiger charge is -2.16. The third kappa shape index (κ3) is 2.99. The van der Waals surface area contributed by atoms with Crippen LogP contribution in [0, 0.1) is 13.8 Å². The van der Waals surface area contributed by atoms with E-state index in [4.69, 9.17) is 5.73 Å². The van der Waals surface area contributed by atoms with Crippen molar-refractivity contribution in [2.24, 2.45) is 5.73 Å². The molecule has 0 aliphatic rings. The summed E-state index contributed by atoms with van der Waals surface area (Å²) in [6, 6.07) is 6.44. The minimum atomic E-state index is -0.239. The Morgan fingerprint density at radius 2 is 2.00 bits per heavy atom. The Morgan fingerprint density at radius 3 is 2.67 bits per heavy atom. The van der Waals surface area contributed by atoms with E-state index in [9.17, 15) is 0 Å². The summed E-state index contributed by atoms with van der Waals surface area (Å²) in [6.45, 7) is 8.23. The molecule has 0 saturated carbocycles. The SMILES string of the molecule is Cc1ccc(C)c(-c2cnc(CC(C)(C)N)[nH]2)c1. The molecule has 0 bridgehead atoms. The van der Waals surface area contributed by atoms with Crippen LogP contribution in [0.25, 0.3) is 11.3 Å². The third-order valence-corrected chi connectivity index (χ3v) is 2.93. The number of imidazole rings is 1. The number of hydrogen-bond donors (Lipinski definition) is 2. The van der Waals surface area contributed by atoms with Gasteiger partial charge in [0.15, 0.2) is 0 Å². The quantitative estimate of drug-likeness (QED) is 0.870. The first-order valence-electron chi connectivity index (χ1n) is 6.25. The van der Waals surface area contributed by atoms with Crippen LogP contribution in [-0.4, -0.2) is 15.5 Å². The van der Waals surface area contributed by atoms with Gasteiger partial charge in [-0.25, -0.2) is 4.98 Å². The summed E-state index contributed by atoms with van der Waals surface area (Å²) in [4.78, 5) is 7.78. The zero-order chi connectivity index (χ0) is 13.3. The molecular formula is C15H21N3. The normalized spacial score (nSPS) is 11.8. The summed E-state index contributed by atoms with van der Waals surface area (Å²) >= 11 is 0. The topological polar surface area (TPSA) is 54.7 Å². The number of nitrogens with two attached hydrogens (primary N) is 1. The minimum Gasteiger partial charge on any atom is -0.342 e. The van der Waals surface area contributed by atoms with Gasteiger partial charge in [-0.1, -0.05) is 17.7 Å². The van der Waals surface area contributed by atoms with Crippen LogP contribution >= 0.6 is 0 Å². The number of benzene rings is 1. The van der Waals surface area contributed by atoms with Crippen molar-refractivity contribution in [2.45, 2.75) is 39.7 Å². The molecule has 0 aliphatic carbocycles. The molecular weight excluding hydrogens is 222 g/mol. The summed E-state index contributed by atoms with van der Waals surface area (Å²) < 4.78 is 0. The van der Waals surface area contributed by atoms with Crippen molar-refractivity contribution in [1.29, 1.82) is 0 Å².